The van der Waals surface area contributed by atoms with Crippen molar-refractivity contribution in [1.29, 1.82) is 0 Å². The van der Waals surface area contributed by atoms with E-state index in [9.17, 15) is 4.79 Å². The molecule has 0 bridgehead atoms. The van der Waals surface area contributed by atoms with E-state index in [-0.39, 0.29) is 17.5 Å². The van der Waals surface area contributed by atoms with E-state index in [2.05, 4.69) is 22.7 Å². The van der Waals surface area contributed by atoms with Gasteiger partial charge in [-0.1, -0.05) is 13.3 Å². The van der Waals surface area contributed by atoms with Crippen LogP contribution in [-0.2, 0) is 11.3 Å². The molecule has 1 amide bonds. The minimum atomic E-state index is -0.340. The van der Waals surface area contributed by atoms with Crippen molar-refractivity contribution in [2.45, 2.75) is 57.7 Å². The highest BCUT2D eigenvalue weighted by Gasteiger charge is 2.40. The van der Waals surface area contributed by atoms with Gasteiger partial charge in [0.25, 0.3) is 0 Å². The summed E-state index contributed by atoms with van der Waals surface area (Å²) < 4.78 is 1.85. The van der Waals surface area contributed by atoms with Crippen LogP contribution in [-0.4, -0.2) is 33.8 Å². The molecule has 1 aliphatic heterocycles. The number of hydrogen-bond acceptors (Lipinski definition) is 3. The molecule has 1 aromatic rings. The van der Waals surface area contributed by atoms with Crippen molar-refractivity contribution >= 4 is 5.91 Å². The summed E-state index contributed by atoms with van der Waals surface area (Å²) in [6, 6.07) is 1.98. The van der Waals surface area contributed by atoms with E-state index in [1.54, 1.807) is 6.20 Å². The Kier molecular flexibility index (Phi) is 4.58. The van der Waals surface area contributed by atoms with Gasteiger partial charge >= 0.3 is 0 Å². The lowest BCUT2D eigenvalue weighted by Crippen LogP contribution is -2.55. The summed E-state index contributed by atoms with van der Waals surface area (Å²) in [5.41, 5.74) is -0.340. The van der Waals surface area contributed by atoms with Crippen LogP contribution in [0.1, 0.15) is 39.5 Å². The van der Waals surface area contributed by atoms with Gasteiger partial charge in [0.2, 0.25) is 5.91 Å². The van der Waals surface area contributed by atoms with Gasteiger partial charge in [-0.15, -0.1) is 0 Å². The largest absolute Gasteiger partial charge is 0.350 e. The van der Waals surface area contributed by atoms with Crippen molar-refractivity contribution in [3.63, 3.8) is 0 Å². The first-order valence-electron chi connectivity index (χ1n) is 7.20. The number of nitrogens with zero attached hydrogens (tertiary/aromatic N) is 2. The van der Waals surface area contributed by atoms with Gasteiger partial charge in [-0.2, -0.15) is 5.10 Å². The Morgan fingerprint density at radius 3 is 3.05 bits per heavy atom. The average Bonchev–Trinajstić information content (AvgIpc) is 3.01. The van der Waals surface area contributed by atoms with Crippen molar-refractivity contribution in [2.24, 2.45) is 0 Å². The fraction of sp³-hybridized carbons (Fsp3) is 0.714. The number of rotatable bonds is 6. The summed E-state index contributed by atoms with van der Waals surface area (Å²) in [4.78, 5) is 12.5. The standard InChI is InChI=1S/C14H24N4O/c1-3-6-14(7-4-8-15-14)13(19)17-12(2)11-18-10-5-9-16-18/h5,9-10,12,15H,3-4,6-8,11H2,1-2H3,(H,17,19). The maximum absolute atomic E-state index is 12.5. The molecule has 1 aliphatic rings. The minimum absolute atomic E-state index is 0.0866. The van der Waals surface area contributed by atoms with Crippen molar-refractivity contribution < 1.29 is 4.79 Å². The quantitative estimate of drug-likeness (QED) is 0.814. The highest BCUT2D eigenvalue weighted by molar-refractivity contribution is 5.86. The molecule has 2 heterocycles. The van der Waals surface area contributed by atoms with Gasteiger partial charge in [-0.25, -0.2) is 0 Å². The number of carbonyl (C=O) groups excluding carboxylic acids is 1. The van der Waals surface area contributed by atoms with Gasteiger partial charge in [-0.05, 0) is 38.8 Å². The SMILES string of the molecule is CCCC1(C(=O)NC(C)Cn2cccn2)CCCN1. The molecule has 0 aromatic carbocycles. The predicted molar refractivity (Wildman–Crippen MR) is 74.7 cm³/mol. The molecule has 1 fully saturated rings. The topological polar surface area (TPSA) is 59.0 Å². The van der Waals surface area contributed by atoms with E-state index in [1.165, 1.54) is 0 Å². The zero-order valence-corrected chi connectivity index (χ0v) is 11.9. The highest BCUT2D eigenvalue weighted by atomic mass is 16.2. The molecule has 2 atom stereocenters. The lowest BCUT2D eigenvalue weighted by molar-refractivity contribution is -0.128. The Hall–Kier alpha value is -1.36. The van der Waals surface area contributed by atoms with Crippen LogP contribution in [0.25, 0.3) is 0 Å². The monoisotopic (exact) mass is 264 g/mol. The van der Waals surface area contributed by atoms with E-state index < -0.39 is 0 Å². The summed E-state index contributed by atoms with van der Waals surface area (Å²) in [5, 5.41) is 10.7. The molecule has 0 aliphatic carbocycles. The maximum atomic E-state index is 12.5. The second kappa shape index (κ2) is 6.19. The smallest absolute Gasteiger partial charge is 0.240 e. The van der Waals surface area contributed by atoms with E-state index in [4.69, 9.17) is 0 Å². The number of hydrogen-bond donors (Lipinski definition) is 2. The molecule has 0 saturated carbocycles. The number of carbonyl (C=O) groups is 1. The molecule has 2 unspecified atom stereocenters. The van der Waals surface area contributed by atoms with Gasteiger partial charge in [-0.3, -0.25) is 9.48 Å². The van der Waals surface area contributed by atoms with Crippen molar-refractivity contribution in [3.8, 4) is 0 Å². The molecule has 5 heteroatoms. The van der Waals surface area contributed by atoms with Crippen LogP contribution < -0.4 is 10.6 Å². The molecule has 2 N–H and O–H groups in total. The zero-order valence-electron chi connectivity index (χ0n) is 11.9. The molecule has 0 spiro atoms. The van der Waals surface area contributed by atoms with Crippen LogP contribution in [0.4, 0.5) is 0 Å². The van der Waals surface area contributed by atoms with E-state index in [0.717, 1.165) is 32.2 Å². The van der Waals surface area contributed by atoms with Crippen LogP contribution in [0, 0.1) is 0 Å². The molecule has 5 nitrogen and oxygen atoms in total. The zero-order chi connectivity index (χ0) is 13.7. The minimum Gasteiger partial charge on any atom is -0.350 e. The van der Waals surface area contributed by atoms with Gasteiger partial charge in [0.15, 0.2) is 0 Å². The summed E-state index contributed by atoms with van der Waals surface area (Å²) in [5.74, 6) is 0.145. The second-order valence-electron chi connectivity index (χ2n) is 5.47. The highest BCUT2D eigenvalue weighted by Crippen LogP contribution is 2.25. The van der Waals surface area contributed by atoms with Crippen LogP contribution in [0.5, 0.6) is 0 Å². The molecule has 19 heavy (non-hydrogen) atoms. The van der Waals surface area contributed by atoms with E-state index in [0.29, 0.717) is 6.54 Å². The predicted octanol–water partition coefficient (Wildman–Crippen LogP) is 1.31. The van der Waals surface area contributed by atoms with Gasteiger partial charge < -0.3 is 10.6 Å². The Bertz CT molecular complexity index is 396. The van der Waals surface area contributed by atoms with Crippen molar-refractivity contribution in [2.75, 3.05) is 6.54 Å². The third-order valence-corrected chi connectivity index (χ3v) is 3.75. The third kappa shape index (κ3) is 3.35. The second-order valence-corrected chi connectivity index (χ2v) is 5.47. The Morgan fingerprint density at radius 2 is 2.47 bits per heavy atom. The summed E-state index contributed by atoms with van der Waals surface area (Å²) >= 11 is 0. The Labute approximate surface area is 114 Å². The van der Waals surface area contributed by atoms with Crippen LogP contribution >= 0.6 is 0 Å². The maximum Gasteiger partial charge on any atom is 0.240 e. The first-order valence-corrected chi connectivity index (χ1v) is 7.20. The average molecular weight is 264 g/mol. The number of nitrogens with one attached hydrogen (secondary N) is 2. The van der Waals surface area contributed by atoms with Gasteiger partial charge in [0.1, 0.15) is 0 Å². The molecular weight excluding hydrogens is 240 g/mol. The summed E-state index contributed by atoms with van der Waals surface area (Å²) in [7, 11) is 0. The lowest BCUT2D eigenvalue weighted by Gasteiger charge is -2.29. The van der Waals surface area contributed by atoms with Crippen molar-refractivity contribution in [3.05, 3.63) is 18.5 Å². The molecular formula is C14H24N4O. The molecule has 2 rings (SSSR count). The molecule has 106 valence electrons. The molecule has 0 radical (unpaired) electrons. The fourth-order valence-electron chi connectivity index (χ4n) is 2.85. The lowest BCUT2D eigenvalue weighted by atomic mass is 9.90. The van der Waals surface area contributed by atoms with E-state index in [1.807, 2.05) is 23.9 Å². The summed E-state index contributed by atoms with van der Waals surface area (Å²) in [6.07, 6.45) is 7.63. The van der Waals surface area contributed by atoms with Crippen molar-refractivity contribution in [1.82, 2.24) is 20.4 Å². The molecule has 1 aromatic heterocycles. The van der Waals surface area contributed by atoms with Crippen LogP contribution in [0.3, 0.4) is 0 Å². The fourth-order valence-corrected chi connectivity index (χ4v) is 2.85. The Balaban J connectivity index is 1.91. The van der Waals surface area contributed by atoms with Crippen LogP contribution in [0.15, 0.2) is 18.5 Å². The Morgan fingerprint density at radius 1 is 1.63 bits per heavy atom. The number of aromatic nitrogens is 2. The van der Waals surface area contributed by atoms with E-state index >= 15 is 0 Å². The molecule has 1 saturated heterocycles. The summed E-state index contributed by atoms with van der Waals surface area (Å²) in [6.45, 7) is 5.80. The van der Waals surface area contributed by atoms with Gasteiger partial charge in [0, 0.05) is 18.4 Å². The van der Waals surface area contributed by atoms with Crippen LogP contribution in [0.2, 0.25) is 0 Å². The third-order valence-electron chi connectivity index (χ3n) is 3.75. The first kappa shape index (κ1) is 14.1. The van der Waals surface area contributed by atoms with Gasteiger partial charge in [0.05, 0.1) is 12.1 Å². The first-order chi connectivity index (χ1) is 9.16. The normalized spacial score (nSPS) is 24.3. The number of amides is 1.